The van der Waals surface area contributed by atoms with Crippen molar-refractivity contribution in [1.82, 2.24) is 10.1 Å². The van der Waals surface area contributed by atoms with Crippen molar-refractivity contribution in [3.8, 4) is 5.75 Å². The molecule has 0 N–H and O–H groups in total. The van der Waals surface area contributed by atoms with Crippen molar-refractivity contribution >= 4 is 21.7 Å². The standard InChI is InChI=1S/C13H13BrN2O3/c1-3-13-15-12(16-19-13)7-18-11-6-9(14)4-5-10(11)8(2)17/h4-6H,3,7H2,1-2H3. The predicted molar refractivity (Wildman–Crippen MR) is 72.2 cm³/mol. The van der Waals surface area contributed by atoms with Crippen LogP contribution in [0.1, 0.15) is 35.9 Å². The van der Waals surface area contributed by atoms with Crippen LogP contribution in [0.3, 0.4) is 0 Å². The zero-order chi connectivity index (χ0) is 13.8. The van der Waals surface area contributed by atoms with Gasteiger partial charge in [-0.15, -0.1) is 0 Å². The lowest BCUT2D eigenvalue weighted by Crippen LogP contribution is -2.03. The van der Waals surface area contributed by atoms with E-state index < -0.39 is 0 Å². The summed E-state index contributed by atoms with van der Waals surface area (Å²) >= 11 is 3.35. The number of aryl methyl sites for hydroxylation is 1. The molecular weight excluding hydrogens is 312 g/mol. The second kappa shape index (κ2) is 5.97. The molecule has 0 spiro atoms. The zero-order valence-corrected chi connectivity index (χ0v) is 12.2. The third kappa shape index (κ3) is 3.41. The highest BCUT2D eigenvalue weighted by molar-refractivity contribution is 9.10. The van der Waals surface area contributed by atoms with E-state index in [0.29, 0.717) is 29.4 Å². The van der Waals surface area contributed by atoms with Crippen LogP contribution in [0.2, 0.25) is 0 Å². The molecule has 1 heterocycles. The van der Waals surface area contributed by atoms with Gasteiger partial charge in [-0.05, 0) is 25.1 Å². The van der Waals surface area contributed by atoms with Crippen molar-refractivity contribution in [2.45, 2.75) is 26.9 Å². The fourth-order valence-corrected chi connectivity index (χ4v) is 1.88. The molecule has 0 aliphatic rings. The number of halogens is 1. The molecule has 2 rings (SSSR count). The largest absolute Gasteiger partial charge is 0.485 e. The first kappa shape index (κ1) is 13.7. The van der Waals surface area contributed by atoms with Gasteiger partial charge in [0.1, 0.15) is 5.75 Å². The molecule has 0 atom stereocenters. The first-order chi connectivity index (χ1) is 9.10. The van der Waals surface area contributed by atoms with Crippen LogP contribution in [-0.2, 0) is 13.0 Å². The molecule has 0 aliphatic carbocycles. The maximum Gasteiger partial charge on any atom is 0.226 e. The Morgan fingerprint density at radius 2 is 2.26 bits per heavy atom. The van der Waals surface area contributed by atoms with Gasteiger partial charge in [0.2, 0.25) is 11.7 Å². The summed E-state index contributed by atoms with van der Waals surface area (Å²) < 4.78 is 11.4. The molecule has 5 nitrogen and oxygen atoms in total. The Bertz CT molecular complexity index is 595. The minimum absolute atomic E-state index is 0.0511. The van der Waals surface area contributed by atoms with Crippen LogP contribution in [-0.4, -0.2) is 15.9 Å². The molecule has 0 unspecified atom stereocenters. The average Bonchev–Trinajstić information content (AvgIpc) is 2.84. The third-order valence-electron chi connectivity index (χ3n) is 2.49. The topological polar surface area (TPSA) is 65.2 Å². The lowest BCUT2D eigenvalue weighted by Gasteiger charge is -2.08. The van der Waals surface area contributed by atoms with Gasteiger partial charge in [0.25, 0.3) is 0 Å². The highest BCUT2D eigenvalue weighted by Crippen LogP contribution is 2.24. The number of aromatic nitrogens is 2. The van der Waals surface area contributed by atoms with Gasteiger partial charge < -0.3 is 9.26 Å². The summed E-state index contributed by atoms with van der Waals surface area (Å²) in [7, 11) is 0. The van der Waals surface area contributed by atoms with Gasteiger partial charge in [-0.2, -0.15) is 4.98 Å². The van der Waals surface area contributed by atoms with Gasteiger partial charge in [0.05, 0.1) is 5.56 Å². The smallest absolute Gasteiger partial charge is 0.226 e. The van der Waals surface area contributed by atoms with E-state index in [-0.39, 0.29) is 12.4 Å². The fourth-order valence-electron chi connectivity index (χ4n) is 1.54. The van der Waals surface area contributed by atoms with Gasteiger partial charge in [0, 0.05) is 10.9 Å². The van der Waals surface area contributed by atoms with E-state index in [9.17, 15) is 4.79 Å². The van der Waals surface area contributed by atoms with E-state index in [1.165, 1.54) is 6.92 Å². The van der Waals surface area contributed by atoms with Crippen molar-refractivity contribution in [3.63, 3.8) is 0 Å². The summed E-state index contributed by atoms with van der Waals surface area (Å²) in [6, 6.07) is 5.26. The van der Waals surface area contributed by atoms with Crippen LogP contribution < -0.4 is 4.74 Å². The molecule has 0 bridgehead atoms. The Morgan fingerprint density at radius 1 is 1.47 bits per heavy atom. The van der Waals surface area contributed by atoms with Crippen LogP contribution in [0.15, 0.2) is 27.2 Å². The van der Waals surface area contributed by atoms with Gasteiger partial charge in [-0.1, -0.05) is 28.0 Å². The Balaban J connectivity index is 2.14. The molecule has 0 amide bonds. The molecule has 19 heavy (non-hydrogen) atoms. The monoisotopic (exact) mass is 324 g/mol. The molecule has 1 aromatic carbocycles. The first-order valence-electron chi connectivity index (χ1n) is 5.85. The van der Waals surface area contributed by atoms with Crippen LogP contribution in [0.5, 0.6) is 5.75 Å². The van der Waals surface area contributed by atoms with E-state index in [1.54, 1.807) is 18.2 Å². The van der Waals surface area contributed by atoms with Crippen molar-refractivity contribution < 1.29 is 14.1 Å². The van der Waals surface area contributed by atoms with Gasteiger partial charge >= 0.3 is 0 Å². The number of ether oxygens (including phenoxy) is 1. The summed E-state index contributed by atoms with van der Waals surface area (Å²) in [5.41, 5.74) is 0.530. The van der Waals surface area contributed by atoms with E-state index in [1.807, 2.05) is 6.92 Å². The maximum absolute atomic E-state index is 11.5. The molecule has 0 aliphatic heterocycles. The Morgan fingerprint density at radius 3 is 2.89 bits per heavy atom. The maximum atomic E-state index is 11.5. The van der Waals surface area contributed by atoms with Gasteiger partial charge in [0.15, 0.2) is 12.4 Å². The molecule has 0 radical (unpaired) electrons. The summed E-state index contributed by atoms with van der Waals surface area (Å²) in [5, 5.41) is 3.79. The van der Waals surface area contributed by atoms with Gasteiger partial charge in [-0.25, -0.2) is 0 Å². The number of carbonyl (C=O) groups is 1. The number of ketones is 1. The SMILES string of the molecule is CCc1nc(COc2cc(Br)ccc2C(C)=O)no1. The number of benzene rings is 1. The number of hydrogen-bond donors (Lipinski definition) is 0. The molecule has 0 fully saturated rings. The Hall–Kier alpha value is -1.69. The molecule has 1 aromatic heterocycles. The zero-order valence-electron chi connectivity index (χ0n) is 10.6. The predicted octanol–water partition coefficient (Wildman–Crippen LogP) is 3.18. The van der Waals surface area contributed by atoms with E-state index in [4.69, 9.17) is 9.26 Å². The van der Waals surface area contributed by atoms with Crippen LogP contribution >= 0.6 is 15.9 Å². The minimum Gasteiger partial charge on any atom is -0.485 e. The summed E-state index contributed by atoms with van der Waals surface area (Å²) in [5.74, 6) is 1.49. The summed E-state index contributed by atoms with van der Waals surface area (Å²) in [6.45, 7) is 3.60. The molecule has 2 aromatic rings. The Kier molecular flexibility index (Phi) is 4.31. The highest BCUT2D eigenvalue weighted by atomic mass is 79.9. The lowest BCUT2D eigenvalue weighted by atomic mass is 10.1. The second-order valence-electron chi connectivity index (χ2n) is 3.94. The second-order valence-corrected chi connectivity index (χ2v) is 4.86. The number of Topliss-reactive ketones (excluding diaryl/α,β-unsaturated/α-hetero) is 1. The number of rotatable bonds is 5. The Labute approximate surface area is 119 Å². The molecule has 0 saturated heterocycles. The van der Waals surface area contributed by atoms with E-state index in [2.05, 4.69) is 26.1 Å². The highest BCUT2D eigenvalue weighted by Gasteiger charge is 2.11. The van der Waals surface area contributed by atoms with E-state index >= 15 is 0 Å². The van der Waals surface area contributed by atoms with Crippen LogP contribution in [0.25, 0.3) is 0 Å². The van der Waals surface area contributed by atoms with Crippen molar-refractivity contribution in [3.05, 3.63) is 40.0 Å². The number of hydrogen-bond acceptors (Lipinski definition) is 5. The van der Waals surface area contributed by atoms with Crippen molar-refractivity contribution in [2.75, 3.05) is 0 Å². The van der Waals surface area contributed by atoms with Crippen LogP contribution in [0, 0.1) is 0 Å². The van der Waals surface area contributed by atoms with Crippen molar-refractivity contribution in [1.29, 1.82) is 0 Å². The van der Waals surface area contributed by atoms with Gasteiger partial charge in [-0.3, -0.25) is 4.79 Å². The average molecular weight is 325 g/mol. The minimum atomic E-state index is -0.0511. The molecule has 100 valence electrons. The molecule has 0 saturated carbocycles. The normalized spacial score (nSPS) is 10.5. The van der Waals surface area contributed by atoms with Crippen LogP contribution in [0.4, 0.5) is 0 Å². The summed E-state index contributed by atoms with van der Waals surface area (Å²) in [4.78, 5) is 15.6. The molecule has 6 heteroatoms. The third-order valence-corrected chi connectivity index (χ3v) is 2.99. The lowest BCUT2D eigenvalue weighted by molar-refractivity contribution is 0.101. The molecular formula is C13H13BrN2O3. The van der Waals surface area contributed by atoms with E-state index in [0.717, 1.165) is 4.47 Å². The van der Waals surface area contributed by atoms with Crippen molar-refractivity contribution in [2.24, 2.45) is 0 Å². The number of carbonyl (C=O) groups excluding carboxylic acids is 1. The fraction of sp³-hybridized carbons (Fsp3) is 0.308. The quantitative estimate of drug-likeness (QED) is 0.790. The number of nitrogens with zero attached hydrogens (tertiary/aromatic N) is 2. The first-order valence-corrected chi connectivity index (χ1v) is 6.64. The summed E-state index contributed by atoms with van der Waals surface area (Å²) in [6.07, 6.45) is 0.683.